The molecular weight excluding hydrogens is 250 g/mol. The average Bonchev–Trinajstić information content (AvgIpc) is 3.01. The fraction of sp³-hybridized carbons (Fsp3) is 0.545. The zero-order valence-corrected chi connectivity index (χ0v) is 10.2. The van der Waals surface area contributed by atoms with Crippen LogP contribution in [0.4, 0.5) is 5.82 Å². The topological polar surface area (TPSA) is 119 Å². The van der Waals surface area contributed by atoms with Crippen molar-refractivity contribution in [2.75, 3.05) is 25.6 Å². The highest BCUT2D eigenvalue weighted by Gasteiger charge is 2.38. The molecule has 19 heavy (non-hydrogen) atoms. The molecule has 0 radical (unpaired) electrons. The van der Waals surface area contributed by atoms with Gasteiger partial charge in [-0.2, -0.15) is 0 Å². The van der Waals surface area contributed by atoms with E-state index in [1.54, 1.807) is 6.33 Å². The van der Waals surface area contributed by atoms with Crippen molar-refractivity contribution >= 4 is 17.0 Å². The number of fused-ring (bicyclic) bond motifs is 1. The second-order valence-electron chi connectivity index (χ2n) is 4.55. The Kier molecular flexibility index (Phi) is 3.05. The summed E-state index contributed by atoms with van der Waals surface area (Å²) in [7, 11) is 0. The zero-order valence-electron chi connectivity index (χ0n) is 10.2. The number of aromatic nitrogens is 4. The highest BCUT2D eigenvalue weighted by Crippen LogP contribution is 2.33. The minimum Gasteiger partial charge on any atom is -0.396 e. The van der Waals surface area contributed by atoms with Crippen LogP contribution < -0.4 is 5.73 Å². The van der Waals surface area contributed by atoms with E-state index < -0.39 is 0 Å². The highest BCUT2D eigenvalue weighted by molar-refractivity contribution is 5.81. The first-order chi connectivity index (χ1) is 9.26. The van der Waals surface area contributed by atoms with Crippen LogP contribution in [0.25, 0.3) is 11.2 Å². The van der Waals surface area contributed by atoms with Gasteiger partial charge in [-0.3, -0.25) is 0 Å². The van der Waals surface area contributed by atoms with Gasteiger partial charge < -0.3 is 25.3 Å². The molecule has 1 fully saturated rings. The SMILES string of the molecule is Nc1ncnc2c1ncn2C1CO[C@H](CO)[C@H]1CO. The van der Waals surface area contributed by atoms with Gasteiger partial charge in [0.2, 0.25) is 0 Å². The lowest BCUT2D eigenvalue weighted by atomic mass is 9.98. The summed E-state index contributed by atoms with van der Waals surface area (Å²) in [5, 5.41) is 18.7. The number of aliphatic hydroxyl groups excluding tert-OH is 2. The number of nitrogens with zero attached hydrogens (tertiary/aromatic N) is 4. The van der Waals surface area contributed by atoms with Crippen LogP contribution in [0.1, 0.15) is 6.04 Å². The minimum atomic E-state index is -0.369. The lowest BCUT2D eigenvalue weighted by molar-refractivity contribution is 0.0268. The number of anilines is 1. The predicted molar refractivity (Wildman–Crippen MR) is 66.2 cm³/mol. The lowest BCUT2D eigenvalue weighted by Gasteiger charge is -2.20. The van der Waals surface area contributed by atoms with Crippen molar-refractivity contribution in [2.45, 2.75) is 12.1 Å². The van der Waals surface area contributed by atoms with Crippen molar-refractivity contribution < 1.29 is 14.9 Å². The van der Waals surface area contributed by atoms with Crippen LogP contribution in [-0.2, 0) is 4.74 Å². The van der Waals surface area contributed by atoms with Crippen molar-refractivity contribution in [1.29, 1.82) is 0 Å². The van der Waals surface area contributed by atoms with Gasteiger partial charge >= 0.3 is 0 Å². The molecule has 0 spiro atoms. The second-order valence-corrected chi connectivity index (χ2v) is 4.55. The second kappa shape index (κ2) is 4.72. The number of ether oxygens (including phenoxy) is 1. The van der Waals surface area contributed by atoms with Crippen LogP contribution in [0.3, 0.4) is 0 Å². The Bertz CT molecular complexity index is 587. The maximum absolute atomic E-state index is 9.48. The van der Waals surface area contributed by atoms with E-state index in [-0.39, 0.29) is 31.3 Å². The molecule has 4 N–H and O–H groups in total. The monoisotopic (exact) mass is 265 g/mol. The first kappa shape index (κ1) is 12.3. The van der Waals surface area contributed by atoms with E-state index in [0.29, 0.717) is 23.6 Å². The smallest absolute Gasteiger partial charge is 0.165 e. The Morgan fingerprint density at radius 2 is 2.16 bits per heavy atom. The van der Waals surface area contributed by atoms with Crippen LogP contribution in [0, 0.1) is 5.92 Å². The third-order valence-corrected chi connectivity index (χ3v) is 3.59. The Labute approximate surface area is 108 Å². The van der Waals surface area contributed by atoms with Crippen molar-refractivity contribution in [3.8, 4) is 0 Å². The molecule has 1 aliphatic rings. The molecule has 1 unspecified atom stereocenters. The van der Waals surface area contributed by atoms with E-state index in [1.165, 1.54) is 6.33 Å². The van der Waals surface area contributed by atoms with Crippen LogP contribution in [0.2, 0.25) is 0 Å². The molecule has 3 heterocycles. The van der Waals surface area contributed by atoms with E-state index in [4.69, 9.17) is 10.5 Å². The Morgan fingerprint density at radius 3 is 2.89 bits per heavy atom. The summed E-state index contributed by atoms with van der Waals surface area (Å²) >= 11 is 0. The van der Waals surface area contributed by atoms with Gasteiger partial charge in [0.25, 0.3) is 0 Å². The van der Waals surface area contributed by atoms with E-state index in [1.807, 2.05) is 4.57 Å². The number of nitrogens with two attached hydrogens (primary N) is 1. The first-order valence-corrected chi connectivity index (χ1v) is 6.02. The summed E-state index contributed by atoms with van der Waals surface area (Å²) in [6.07, 6.45) is 2.63. The number of nitrogen functional groups attached to an aromatic ring is 1. The van der Waals surface area contributed by atoms with Gasteiger partial charge in [0.05, 0.1) is 38.3 Å². The molecule has 2 aromatic heterocycles. The molecule has 8 nitrogen and oxygen atoms in total. The number of rotatable bonds is 3. The molecule has 1 aliphatic heterocycles. The van der Waals surface area contributed by atoms with Crippen LogP contribution >= 0.6 is 0 Å². The molecule has 0 bridgehead atoms. The van der Waals surface area contributed by atoms with Crippen molar-refractivity contribution in [3.63, 3.8) is 0 Å². The molecule has 102 valence electrons. The van der Waals surface area contributed by atoms with Gasteiger partial charge in [-0.15, -0.1) is 0 Å². The van der Waals surface area contributed by atoms with E-state index in [0.717, 1.165) is 0 Å². The average molecular weight is 265 g/mol. The summed E-state index contributed by atoms with van der Waals surface area (Å²) in [6, 6.07) is -0.124. The molecule has 0 saturated carbocycles. The largest absolute Gasteiger partial charge is 0.396 e. The number of hydrogen-bond donors (Lipinski definition) is 3. The van der Waals surface area contributed by atoms with Crippen molar-refractivity contribution in [3.05, 3.63) is 12.7 Å². The summed E-state index contributed by atoms with van der Waals surface area (Å²) < 4.78 is 7.31. The van der Waals surface area contributed by atoms with Crippen molar-refractivity contribution in [1.82, 2.24) is 19.5 Å². The maximum Gasteiger partial charge on any atom is 0.165 e. The van der Waals surface area contributed by atoms with Crippen LogP contribution in [-0.4, -0.2) is 55.7 Å². The number of imidazole rings is 1. The van der Waals surface area contributed by atoms with Crippen molar-refractivity contribution in [2.24, 2.45) is 5.92 Å². The van der Waals surface area contributed by atoms with E-state index >= 15 is 0 Å². The van der Waals surface area contributed by atoms with E-state index in [2.05, 4.69) is 15.0 Å². The fourth-order valence-corrected chi connectivity index (χ4v) is 2.54. The summed E-state index contributed by atoms with van der Waals surface area (Å²) in [6.45, 7) is 0.202. The van der Waals surface area contributed by atoms with E-state index in [9.17, 15) is 10.2 Å². The normalized spacial score (nSPS) is 27.2. The lowest BCUT2D eigenvalue weighted by Crippen LogP contribution is -2.28. The fourth-order valence-electron chi connectivity index (χ4n) is 2.54. The third-order valence-electron chi connectivity index (χ3n) is 3.59. The van der Waals surface area contributed by atoms with Gasteiger partial charge in [-0.05, 0) is 0 Å². The maximum atomic E-state index is 9.48. The number of hydrogen-bond acceptors (Lipinski definition) is 7. The summed E-state index contributed by atoms with van der Waals surface area (Å²) in [5.74, 6) is 0.125. The molecule has 1 saturated heterocycles. The van der Waals surface area contributed by atoms with Gasteiger partial charge in [-0.25, -0.2) is 15.0 Å². The van der Waals surface area contributed by atoms with Crippen LogP contribution in [0.5, 0.6) is 0 Å². The third kappa shape index (κ3) is 1.84. The Balaban J connectivity index is 2.03. The number of aliphatic hydroxyl groups is 2. The summed E-state index contributed by atoms with van der Waals surface area (Å²) in [5.41, 5.74) is 6.88. The van der Waals surface area contributed by atoms with Gasteiger partial charge in [0.15, 0.2) is 11.5 Å². The molecular formula is C11H15N5O3. The van der Waals surface area contributed by atoms with Gasteiger partial charge in [-0.1, -0.05) is 0 Å². The van der Waals surface area contributed by atoms with Gasteiger partial charge in [0.1, 0.15) is 11.8 Å². The van der Waals surface area contributed by atoms with Crippen LogP contribution in [0.15, 0.2) is 12.7 Å². The first-order valence-electron chi connectivity index (χ1n) is 6.02. The highest BCUT2D eigenvalue weighted by atomic mass is 16.5. The molecule has 8 heteroatoms. The Hall–Kier alpha value is -1.77. The molecule has 0 amide bonds. The van der Waals surface area contributed by atoms with Gasteiger partial charge in [0, 0.05) is 5.92 Å². The predicted octanol–water partition coefficient (Wildman–Crippen LogP) is -1.05. The standard InChI is InChI=1S/C11H15N5O3/c12-10-9-11(14-4-13-10)16(5-15-9)7-3-19-8(2-18)6(7)1-17/h4-8,17-18H,1-3H2,(H2,12,13,14)/t6-,7?,8+/m0/s1. The molecule has 2 aromatic rings. The zero-order chi connectivity index (χ0) is 13.4. The Morgan fingerprint density at radius 1 is 1.32 bits per heavy atom. The molecule has 0 aromatic carbocycles. The summed E-state index contributed by atoms with van der Waals surface area (Å²) in [4.78, 5) is 12.3. The molecule has 3 rings (SSSR count). The minimum absolute atomic E-state index is 0.0733. The quantitative estimate of drug-likeness (QED) is 0.647. The molecule has 3 atom stereocenters. The molecule has 0 aliphatic carbocycles.